The summed E-state index contributed by atoms with van der Waals surface area (Å²) in [5.74, 6) is 3.18. The van der Waals surface area contributed by atoms with Crippen molar-refractivity contribution in [1.29, 1.82) is 0 Å². The number of guanidine groups is 1. The van der Waals surface area contributed by atoms with E-state index < -0.39 is 0 Å². The topological polar surface area (TPSA) is 125 Å². The van der Waals surface area contributed by atoms with Crippen LogP contribution in [0.25, 0.3) is 0 Å². The summed E-state index contributed by atoms with van der Waals surface area (Å²) in [6.45, 7) is 10.5. The number of fused-ring (bicyclic) bond motifs is 1. The van der Waals surface area contributed by atoms with Gasteiger partial charge in [-0.1, -0.05) is 13.8 Å². The van der Waals surface area contributed by atoms with Crippen molar-refractivity contribution < 1.29 is 19.0 Å². The number of hydrogen-bond acceptors (Lipinski definition) is 10. The van der Waals surface area contributed by atoms with Crippen molar-refractivity contribution in [3.63, 3.8) is 0 Å². The summed E-state index contributed by atoms with van der Waals surface area (Å²) in [5, 5.41) is 8.80. The number of hydrogen-bond donors (Lipinski definition) is 3. The number of methoxy groups -OCH3 is 2. The molecule has 1 aromatic heterocycles. The van der Waals surface area contributed by atoms with Crippen molar-refractivity contribution in [2.24, 2.45) is 4.99 Å². The van der Waals surface area contributed by atoms with Crippen molar-refractivity contribution >= 4 is 35.1 Å². The van der Waals surface area contributed by atoms with Gasteiger partial charge in [0.1, 0.15) is 23.9 Å². The average Bonchev–Trinajstić information content (AvgIpc) is 2.99. The molecule has 0 spiro atoms. The van der Waals surface area contributed by atoms with Gasteiger partial charge in [-0.3, -0.25) is 5.32 Å². The maximum absolute atomic E-state index is 12.5. The van der Waals surface area contributed by atoms with Crippen molar-refractivity contribution in [3.05, 3.63) is 54.2 Å². The summed E-state index contributed by atoms with van der Waals surface area (Å²) in [5.41, 5.74) is 2.33. The number of nitrogens with one attached hydrogen (secondary N) is 3. The Morgan fingerprint density at radius 3 is 2.34 bits per heavy atom. The van der Waals surface area contributed by atoms with Crippen LogP contribution < -0.4 is 35.1 Å². The SMILES string of the molecule is CCNC(=O)NC1=Nc2nc(Nc3ccc(OCCN(CC)CC)cc3)ncc2CN1c1cc(OC)cc(OC)c1. The number of carbonyl (C=O) groups excluding carboxylic acids is 1. The summed E-state index contributed by atoms with van der Waals surface area (Å²) < 4.78 is 16.8. The summed E-state index contributed by atoms with van der Waals surface area (Å²) in [6.07, 6.45) is 1.73. The Labute approximate surface area is 240 Å². The van der Waals surface area contributed by atoms with Gasteiger partial charge in [-0.2, -0.15) is 9.98 Å². The Balaban J connectivity index is 1.53. The number of anilines is 3. The Morgan fingerprint density at radius 1 is 1.00 bits per heavy atom. The number of nitrogens with zero attached hydrogens (tertiary/aromatic N) is 5. The summed E-state index contributed by atoms with van der Waals surface area (Å²) in [6, 6.07) is 12.7. The molecule has 218 valence electrons. The zero-order valence-electron chi connectivity index (χ0n) is 24.2. The van der Waals surface area contributed by atoms with E-state index in [1.54, 1.807) is 26.5 Å². The van der Waals surface area contributed by atoms with Crippen molar-refractivity contribution in [3.8, 4) is 17.2 Å². The molecular weight excluding hydrogens is 524 g/mol. The number of aliphatic imine (C=N–C) groups is 1. The molecule has 4 rings (SSSR count). The lowest BCUT2D eigenvalue weighted by Crippen LogP contribution is -2.49. The van der Waals surface area contributed by atoms with Crippen LogP contribution in [0.4, 0.5) is 27.9 Å². The van der Waals surface area contributed by atoms with Gasteiger partial charge in [0.05, 0.1) is 26.5 Å². The fraction of sp³-hybridized carbons (Fsp3) is 0.379. The molecule has 2 aromatic carbocycles. The molecule has 1 aliphatic heterocycles. The molecule has 3 aromatic rings. The standard InChI is InChI=1S/C29H38N8O4/c1-6-30-29(38)35-28-34-26-20(19-37(28)22-15-24(39-4)17-25(16-22)40-5)18-31-27(33-26)32-21-9-11-23(12-10-21)41-14-13-36(7-2)8-3/h9-12,15-18H,6-8,13-14,19H2,1-5H3,(H3,30,31,32,33,34,35,38). The van der Waals surface area contributed by atoms with E-state index in [0.29, 0.717) is 48.9 Å². The van der Waals surface area contributed by atoms with Crippen LogP contribution >= 0.6 is 0 Å². The van der Waals surface area contributed by atoms with Gasteiger partial charge >= 0.3 is 6.03 Å². The molecular formula is C29H38N8O4. The third-order valence-corrected chi connectivity index (χ3v) is 6.53. The average molecular weight is 563 g/mol. The molecule has 0 saturated heterocycles. The van der Waals surface area contributed by atoms with Crippen LogP contribution in [0.15, 0.2) is 53.7 Å². The lowest BCUT2D eigenvalue weighted by molar-refractivity contribution is 0.223. The minimum absolute atomic E-state index is 0.314. The van der Waals surface area contributed by atoms with Crippen LogP contribution in [0, 0.1) is 0 Å². The number of amides is 2. The van der Waals surface area contributed by atoms with E-state index in [-0.39, 0.29) is 6.03 Å². The molecule has 3 N–H and O–H groups in total. The van der Waals surface area contributed by atoms with Crippen LogP contribution in [0.5, 0.6) is 17.2 Å². The van der Waals surface area contributed by atoms with E-state index in [2.05, 4.69) is 49.7 Å². The normalized spacial score (nSPS) is 12.3. The van der Waals surface area contributed by atoms with Crippen LogP contribution in [0.2, 0.25) is 0 Å². The highest BCUT2D eigenvalue weighted by molar-refractivity contribution is 6.07. The summed E-state index contributed by atoms with van der Waals surface area (Å²) in [7, 11) is 3.17. The Hall–Kier alpha value is -4.58. The van der Waals surface area contributed by atoms with Gasteiger partial charge < -0.3 is 34.6 Å². The fourth-order valence-corrected chi connectivity index (χ4v) is 4.23. The van der Waals surface area contributed by atoms with Gasteiger partial charge in [0.15, 0.2) is 5.82 Å². The molecule has 1 aliphatic rings. The van der Waals surface area contributed by atoms with Crippen LogP contribution in [-0.2, 0) is 6.54 Å². The minimum Gasteiger partial charge on any atom is -0.497 e. The maximum atomic E-state index is 12.5. The minimum atomic E-state index is -0.374. The molecule has 2 heterocycles. The smallest absolute Gasteiger partial charge is 0.321 e. The maximum Gasteiger partial charge on any atom is 0.321 e. The number of urea groups is 1. The number of benzene rings is 2. The first-order valence-corrected chi connectivity index (χ1v) is 13.7. The van der Waals surface area contributed by atoms with E-state index in [9.17, 15) is 4.79 Å². The second-order valence-corrected chi connectivity index (χ2v) is 9.14. The molecule has 12 nitrogen and oxygen atoms in total. The Morgan fingerprint density at radius 2 is 1.71 bits per heavy atom. The predicted octanol–water partition coefficient (Wildman–Crippen LogP) is 4.28. The molecule has 0 bridgehead atoms. The van der Waals surface area contributed by atoms with Crippen LogP contribution in [0.1, 0.15) is 26.3 Å². The predicted molar refractivity (Wildman–Crippen MR) is 160 cm³/mol. The molecule has 0 aliphatic carbocycles. The second-order valence-electron chi connectivity index (χ2n) is 9.14. The zero-order chi connectivity index (χ0) is 29.2. The largest absolute Gasteiger partial charge is 0.497 e. The van der Waals surface area contributed by atoms with E-state index in [1.165, 1.54) is 0 Å². The second kappa shape index (κ2) is 14.2. The van der Waals surface area contributed by atoms with Crippen molar-refractivity contribution in [1.82, 2.24) is 25.5 Å². The van der Waals surface area contributed by atoms with E-state index in [0.717, 1.165) is 42.3 Å². The molecule has 0 unspecified atom stereocenters. The Kier molecular flexibility index (Phi) is 10.2. The summed E-state index contributed by atoms with van der Waals surface area (Å²) >= 11 is 0. The first kappa shape index (κ1) is 29.4. The van der Waals surface area contributed by atoms with E-state index in [4.69, 9.17) is 14.2 Å². The van der Waals surface area contributed by atoms with E-state index >= 15 is 0 Å². The number of likely N-dealkylation sites (N-methyl/N-ethyl adjacent to an activating group) is 1. The van der Waals surface area contributed by atoms with Crippen LogP contribution in [-0.4, -0.2) is 73.9 Å². The zero-order valence-corrected chi connectivity index (χ0v) is 24.2. The van der Waals surface area contributed by atoms with Crippen molar-refractivity contribution in [2.45, 2.75) is 27.3 Å². The quantitative estimate of drug-likeness (QED) is 0.296. The van der Waals surface area contributed by atoms with Gasteiger partial charge in [-0.05, 0) is 44.3 Å². The third kappa shape index (κ3) is 7.76. The van der Waals surface area contributed by atoms with Crippen molar-refractivity contribution in [2.75, 3.05) is 57.2 Å². The van der Waals surface area contributed by atoms with E-state index in [1.807, 2.05) is 48.2 Å². The molecule has 0 atom stereocenters. The highest BCUT2D eigenvalue weighted by Crippen LogP contribution is 2.33. The first-order valence-electron chi connectivity index (χ1n) is 13.7. The Bertz CT molecular complexity index is 1320. The van der Waals surface area contributed by atoms with Gasteiger partial charge in [-0.15, -0.1) is 0 Å². The summed E-state index contributed by atoms with van der Waals surface area (Å²) in [4.78, 5) is 30.5. The monoisotopic (exact) mass is 562 g/mol. The third-order valence-electron chi connectivity index (χ3n) is 6.53. The van der Waals surface area contributed by atoms with Gasteiger partial charge in [0.2, 0.25) is 11.9 Å². The molecule has 0 saturated carbocycles. The van der Waals surface area contributed by atoms with Gasteiger partial charge in [0, 0.05) is 48.7 Å². The molecule has 12 heteroatoms. The molecule has 0 radical (unpaired) electrons. The number of ether oxygens (including phenoxy) is 3. The van der Waals surface area contributed by atoms with Gasteiger partial charge in [-0.25, -0.2) is 9.78 Å². The lowest BCUT2D eigenvalue weighted by Gasteiger charge is -2.30. The number of aromatic nitrogens is 2. The number of rotatable bonds is 12. The number of carbonyl (C=O) groups is 1. The molecule has 0 fully saturated rings. The first-order chi connectivity index (χ1) is 20.0. The van der Waals surface area contributed by atoms with Gasteiger partial charge in [0.25, 0.3) is 0 Å². The highest BCUT2D eigenvalue weighted by Gasteiger charge is 2.25. The molecule has 41 heavy (non-hydrogen) atoms. The fourth-order valence-electron chi connectivity index (χ4n) is 4.23. The van der Waals surface area contributed by atoms with Crippen LogP contribution in [0.3, 0.4) is 0 Å². The lowest BCUT2D eigenvalue weighted by atomic mass is 10.2. The molecule has 2 amide bonds. The highest BCUT2D eigenvalue weighted by atomic mass is 16.5.